The molecule has 2 aromatic carbocycles. The van der Waals surface area contributed by atoms with Crippen LogP contribution in [-0.4, -0.2) is 42.3 Å². The van der Waals surface area contributed by atoms with Crippen LogP contribution in [-0.2, 0) is 17.7 Å². The number of carboxylic acid groups (broad SMARTS) is 1. The molecule has 0 aliphatic carbocycles. The molecule has 132 valence electrons. The van der Waals surface area contributed by atoms with Gasteiger partial charge < -0.3 is 9.84 Å². The van der Waals surface area contributed by atoms with Crippen molar-refractivity contribution in [3.8, 4) is 0 Å². The van der Waals surface area contributed by atoms with E-state index in [0.29, 0.717) is 11.5 Å². The second kappa shape index (κ2) is 8.28. The minimum atomic E-state index is -0.877. The van der Waals surface area contributed by atoms with Crippen LogP contribution in [0.3, 0.4) is 0 Å². The number of carbonyl (C=O) groups is 1. The zero-order valence-electron chi connectivity index (χ0n) is 14.6. The third-order valence-corrected chi connectivity index (χ3v) is 5.00. The van der Waals surface area contributed by atoms with E-state index in [1.807, 2.05) is 18.2 Å². The van der Waals surface area contributed by atoms with Crippen LogP contribution in [0.25, 0.3) is 0 Å². The van der Waals surface area contributed by atoms with Crippen molar-refractivity contribution >= 4 is 5.97 Å². The highest BCUT2D eigenvalue weighted by Gasteiger charge is 2.29. The first-order chi connectivity index (χ1) is 12.2. The van der Waals surface area contributed by atoms with E-state index in [0.717, 1.165) is 38.0 Å². The molecule has 4 heteroatoms. The molecule has 0 radical (unpaired) electrons. The second-order valence-corrected chi connectivity index (χ2v) is 6.75. The number of methoxy groups -OCH3 is 1. The van der Waals surface area contributed by atoms with Gasteiger partial charge in [0.05, 0.1) is 11.7 Å². The van der Waals surface area contributed by atoms with Gasteiger partial charge in [0.25, 0.3) is 0 Å². The topological polar surface area (TPSA) is 49.8 Å². The molecule has 2 atom stereocenters. The number of likely N-dealkylation sites (tertiary alicyclic amines) is 1. The maximum atomic E-state index is 11.1. The monoisotopic (exact) mass is 339 g/mol. The number of ether oxygens (including phenoxy) is 1. The van der Waals surface area contributed by atoms with Gasteiger partial charge in [-0.3, -0.25) is 4.90 Å². The summed E-state index contributed by atoms with van der Waals surface area (Å²) >= 11 is 0. The highest BCUT2D eigenvalue weighted by molar-refractivity contribution is 5.87. The lowest BCUT2D eigenvalue weighted by atomic mass is 9.87. The number of benzene rings is 2. The normalized spacial score (nSPS) is 21.2. The highest BCUT2D eigenvalue weighted by atomic mass is 16.5. The molecule has 3 rings (SSSR count). The van der Waals surface area contributed by atoms with Crippen molar-refractivity contribution in [3.05, 3.63) is 71.3 Å². The second-order valence-electron chi connectivity index (χ2n) is 6.75. The Morgan fingerprint density at radius 1 is 1.16 bits per heavy atom. The Morgan fingerprint density at radius 2 is 1.92 bits per heavy atom. The molecule has 1 heterocycles. The molecule has 1 aliphatic rings. The van der Waals surface area contributed by atoms with Gasteiger partial charge in [-0.25, -0.2) is 4.79 Å². The zero-order chi connectivity index (χ0) is 17.6. The Balaban J connectivity index is 1.61. The lowest BCUT2D eigenvalue weighted by Crippen LogP contribution is -2.45. The van der Waals surface area contributed by atoms with Crippen LogP contribution in [0.5, 0.6) is 0 Å². The van der Waals surface area contributed by atoms with E-state index < -0.39 is 5.97 Å². The van der Waals surface area contributed by atoms with Crippen LogP contribution < -0.4 is 0 Å². The van der Waals surface area contributed by atoms with Gasteiger partial charge in [0, 0.05) is 20.2 Å². The van der Waals surface area contributed by atoms with Crippen molar-refractivity contribution in [1.82, 2.24) is 4.90 Å². The van der Waals surface area contributed by atoms with E-state index >= 15 is 0 Å². The summed E-state index contributed by atoms with van der Waals surface area (Å²) in [6.45, 7) is 2.65. The van der Waals surface area contributed by atoms with Crippen LogP contribution in [0, 0.1) is 5.92 Å². The molecule has 4 nitrogen and oxygen atoms in total. The molecule has 1 aliphatic heterocycles. The number of hydrogen-bond acceptors (Lipinski definition) is 3. The zero-order valence-corrected chi connectivity index (χ0v) is 14.6. The minimum absolute atomic E-state index is 0.205. The molecule has 1 N–H and O–H groups in total. The van der Waals surface area contributed by atoms with Gasteiger partial charge in [0.2, 0.25) is 0 Å². The molecule has 1 fully saturated rings. The number of rotatable bonds is 6. The van der Waals surface area contributed by atoms with Gasteiger partial charge in [-0.2, -0.15) is 0 Å². The van der Waals surface area contributed by atoms with Crippen molar-refractivity contribution in [3.63, 3.8) is 0 Å². The Morgan fingerprint density at radius 3 is 2.64 bits per heavy atom. The van der Waals surface area contributed by atoms with Gasteiger partial charge in [-0.05, 0) is 48.6 Å². The molecule has 2 aromatic rings. The summed E-state index contributed by atoms with van der Waals surface area (Å²) in [7, 11) is 1.79. The first-order valence-electron chi connectivity index (χ1n) is 8.77. The SMILES string of the molecule is CO[C@H]1CN(Cc2cccc(C(=O)O)c2)CC[C@@H]1Cc1ccccc1. The summed E-state index contributed by atoms with van der Waals surface area (Å²) in [5, 5.41) is 9.14. The van der Waals surface area contributed by atoms with E-state index in [4.69, 9.17) is 9.84 Å². The summed E-state index contributed by atoms with van der Waals surface area (Å²) in [4.78, 5) is 13.5. The van der Waals surface area contributed by atoms with Crippen LogP contribution >= 0.6 is 0 Å². The fraction of sp³-hybridized carbons (Fsp3) is 0.381. The largest absolute Gasteiger partial charge is 0.478 e. The average Bonchev–Trinajstić information content (AvgIpc) is 2.64. The summed E-state index contributed by atoms with van der Waals surface area (Å²) in [5.41, 5.74) is 2.74. The summed E-state index contributed by atoms with van der Waals surface area (Å²) in [6, 6.07) is 17.8. The highest BCUT2D eigenvalue weighted by Crippen LogP contribution is 2.25. The van der Waals surface area contributed by atoms with Gasteiger partial charge >= 0.3 is 5.97 Å². The Labute approximate surface area is 149 Å². The Kier molecular flexibility index (Phi) is 5.84. The average molecular weight is 339 g/mol. The van der Waals surface area contributed by atoms with Crippen molar-refractivity contribution in [2.75, 3.05) is 20.2 Å². The fourth-order valence-corrected chi connectivity index (χ4v) is 3.65. The van der Waals surface area contributed by atoms with E-state index in [-0.39, 0.29) is 6.10 Å². The number of piperidine rings is 1. The Hall–Kier alpha value is -2.17. The van der Waals surface area contributed by atoms with Gasteiger partial charge in [0.1, 0.15) is 0 Å². The predicted octanol–water partition coefficient (Wildman–Crippen LogP) is 3.46. The van der Waals surface area contributed by atoms with Crippen LogP contribution in [0.2, 0.25) is 0 Å². The number of carboxylic acids is 1. The van der Waals surface area contributed by atoms with Crippen molar-refractivity contribution < 1.29 is 14.6 Å². The molecular formula is C21H25NO3. The standard InChI is InChI=1S/C21H25NO3/c1-25-20-15-22(14-17-8-5-9-19(13-17)21(23)24)11-10-18(20)12-16-6-3-2-4-7-16/h2-9,13,18,20H,10-12,14-15H2,1H3,(H,23,24)/t18-,20+/m1/s1. The quantitative estimate of drug-likeness (QED) is 0.875. The maximum Gasteiger partial charge on any atom is 0.335 e. The number of aromatic carboxylic acids is 1. The third-order valence-electron chi connectivity index (χ3n) is 5.00. The number of hydrogen-bond donors (Lipinski definition) is 1. The molecule has 1 saturated heterocycles. The first kappa shape index (κ1) is 17.6. The molecule has 0 saturated carbocycles. The third kappa shape index (κ3) is 4.68. The lowest BCUT2D eigenvalue weighted by molar-refractivity contribution is -0.0136. The van der Waals surface area contributed by atoms with Gasteiger partial charge in [-0.15, -0.1) is 0 Å². The van der Waals surface area contributed by atoms with Crippen molar-refractivity contribution in [2.24, 2.45) is 5.92 Å². The van der Waals surface area contributed by atoms with E-state index in [2.05, 4.69) is 29.2 Å². The van der Waals surface area contributed by atoms with Crippen LogP contribution in [0.1, 0.15) is 27.9 Å². The first-order valence-corrected chi connectivity index (χ1v) is 8.77. The minimum Gasteiger partial charge on any atom is -0.478 e. The summed E-state index contributed by atoms with van der Waals surface area (Å²) in [5.74, 6) is -0.354. The molecule has 0 amide bonds. The van der Waals surface area contributed by atoms with Gasteiger partial charge in [0.15, 0.2) is 0 Å². The van der Waals surface area contributed by atoms with Gasteiger partial charge in [-0.1, -0.05) is 42.5 Å². The molecule has 25 heavy (non-hydrogen) atoms. The van der Waals surface area contributed by atoms with E-state index in [9.17, 15) is 4.79 Å². The molecule has 0 unspecified atom stereocenters. The Bertz CT molecular complexity index is 701. The fourth-order valence-electron chi connectivity index (χ4n) is 3.65. The predicted molar refractivity (Wildman–Crippen MR) is 97.7 cm³/mol. The molecule has 0 bridgehead atoms. The number of nitrogens with zero attached hydrogens (tertiary/aromatic N) is 1. The summed E-state index contributed by atoms with van der Waals surface area (Å²) < 4.78 is 5.77. The molecule has 0 aromatic heterocycles. The van der Waals surface area contributed by atoms with E-state index in [1.54, 1.807) is 19.2 Å². The molecular weight excluding hydrogens is 314 g/mol. The summed E-state index contributed by atoms with van der Waals surface area (Å²) in [6.07, 6.45) is 2.34. The smallest absolute Gasteiger partial charge is 0.335 e. The maximum absolute atomic E-state index is 11.1. The van der Waals surface area contributed by atoms with Crippen LogP contribution in [0.4, 0.5) is 0 Å². The van der Waals surface area contributed by atoms with Crippen molar-refractivity contribution in [2.45, 2.75) is 25.5 Å². The molecule has 0 spiro atoms. The van der Waals surface area contributed by atoms with Crippen LogP contribution in [0.15, 0.2) is 54.6 Å². The lowest BCUT2D eigenvalue weighted by Gasteiger charge is -2.38. The van der Waals surface area contributed by atoms with E-state index in [1.165, 1.54) is 5.56 Å². The van der Waals surface area contributed by atoms with Crippen molar-refractivity contribution in [1.29, 1.82) is 0 Å².